The smallest absolute Gasteiger partial charge is 0.0527 e. The highest BCUT2D eigenvalue weighted by Gasteiger charge is 2.22. The van der Waals surface area contributed by atoms with E-state index in [1.165, 1.54) is 5.56 Å². The minimum atomic E-state index is 0.186. The predicted octanol–water partition coefficient (Wildman–Crippen LogP) is 2.96. The summed E-state index contributed by atoms with van der Waals surface area (Å²) >= 11 is 0. The van der Waals surface area contributed by atoms with Crippen LogP contribution in [0.4, 0.5) is 0 Å². The predicted molar refractivity (Wildman–Crippen MR) is 73.3 cm³/mol. The van der Waals surface area contributed by atoms with Crippen LogP contribution in [0.5, 0.6) is 0 Å². The van der Waals surface area contributed by atoms with Crippen molar-refractivity contribution in [1.82, 2.24) is 15.1 Å². The van der Waals surface area contributed by atoms with Gasteiger partial charge < -0.3 is 5.32 Å². The first-order chi connectivity index (χ1) is 7.74. The maximum absolute atomic E-state index is 4.35. The average Bonchev–Trinajstić information content (AvgIpc) is 2.63. The number of aromatic nitrogens is 2. The standard InChI is InChI=1S/C14H27N3/c1-7-17-11-12(10-16-17)14(5,6)8-9-15-13(2,3)4/h10-11,15H,7-9H2,1-6H3. The van der Waals surface area contributed by atoms with Crippen molar-refractivity contribution < 1.29 is 0 Å². The SMILES string of the molecule is CCn1cc(C(C)(C)CCNC(C)(C)C)cn1. The van der Waals surface area contributed by atoms with Crippen LogP contribution in [0, 0.1) is 0 Å². The Kier molecular flexibility index (Phi) is 4.36. The molecule has 0 aliphatic heterocycles. The van der Waals surface area contributed by atoms with E-state index in [4.69, 9.17) is 0 Å². The van der Waals surface area contributed by atoms with Crippen molar-refractivity contribution in [2.75, 3.05) is 6.54 Å². The molecule has 0 amide bonds. The zero-order chi connectivity index (χ0) is 13.1. The minimum Gasteiger partial charge on any atom is -0.312 e. The number of nitrogens with zero attached hydrogens (tertiary/aromatic N) is 2. The molecule has 0 fully saturated rings. The van der Waals surface area contributed by atoms with E-state index in [9.17, 15) is 0 Å². The number of hydrogen-bond acceptors (Lipinski definition) is 2. The van der Waals surface area contributed by atoms with Gasteiger partial charge in [0.15, 0.2) is 0 Å². The largest absolute Gasteiger partial charge is 0.312 e. The van der Waals surface area contributed by atoms with Crippen LogP contribution in [0.2, 0.25) is 0 Å². The third-order valence-electron chi connectivity index (χ3n) is 3.14. The van der Waals surface area contributed by atoms with Gasteiger partial charge in [-0.1, -0.05) is 13.8 Å². The van der Waals surface area contributed by atoms with Crippen LogP contribution in [0.15, 0.2) is 12.4 Å². The molecule has 3 nitrogen and oxygen atoms in total. The highest BCUT2D eigenvalue weighted by molar-refractivity contribution is 5.16. The van der Waals surface area contributed by atoms with E-state index >= 15 is 0 Å². The molecule has 0 aliphatic rings. The fraction of sp³-hybridized carbons (Fsp3) is 0.786. The van der Waals surface area contributed by atoms with Crippen molar-refractivity contribution in [2.24, 2.45) is 0 Å². The Labute approximate surface area is 106 Å². The van der Waals surface area contributed by atoms with Crippen LogP contribution in [-0.2, 0) is 12.0 Å². The Hall–Kier alpha value is -0.830. The molecule has 98 valence electrons. The molecule has 0 aromatic carbocycles. The van der Waals surface area contributed by atoms with Gasteiger partial charge in [-0.3, -0.25) is 4.68 Å². The Morgan fingerprint density at radius 2 is 1.88 bits per heavy atom. The van der Waals surface area contributed by atoms with E-state index in [-0.39, 0.29) is 11.0 Å². The molecule has 0 unspecified atom stereocenters. The van der Waals surface area contributed by atoms with E-state index < -0.39 is 0 Å². The van der Waals surface area contributed by atoms with Gasteiger partial charge in [0.05, 0.1) is 6.20 Å². The lowest BCUT2D eigenvalue weighted by Gasteiger charge is -2.27. The third kappa shape index (κ3) is 4.50. The fourth-order valence-corrected chi connectivity index (χ4v) is 1.78. The Morgan fingerprint density at radius 3 is 2.35 bits per heavy atom. The summed E-state index contributed by atoms with van der Waals surface area (Å²) in [4.78, 5) is 0. The average molecular weight is 237 g/mol. The lowest BCUT2D eigenvalue weighted by Crippen LogP contribution is -2.38. The van der Waals surface area contributed by atoms with Gasteiger partial charge in [0.2, 0.25) is 0 Å². The van der Waals surface area contributed by atoms with Crippen molar-refractivity contribution in [1.29, 1.82) is 0 Å². The normalized spacial score (nSPS) is 13.1. The maximum Gasteiger partial charge on any atom is 0.0527 e. The van der Waals surface area contributed by atoms with Crippen molar-refractivity contribution >= 4 is 0 Å². The molecule has 0 radical (unpaired) electrons. The molecule has 0 spiro atoms. The van der Waals surface area contributed by atoms with E-state index in [0.717, 1.165) is 19.5 Å². The van der Waals surface area contributed by atoms with E-state index in [1.54, 1.807) is 0 Å². The van der Waals surface area contributed by atoms with Gasteiger partial charge in [-0.15, -0.1) is 0 Å². The maximum atomic E-state index is 4.35. The lowest BCUT2D eigenvalue weighted by atomic mass is 9.83. The van der Waals surface area contributed by atoms with E-state index in [2.05, 4.69) is 58.2 Å². The molecule has 0 bridgehead atoms. The molecule has 0 aliphatic carbocycles. The minimum absolute atomic E-state index is 0.186. The number of hydrogen-bond donors (Lipinski definition) is 1. The molecule has 1 aromatic rings. The van der Waals surface area contributed by atoms with E-state index in [1.807, 2.05) is 10.9 Å². The molecule has 0 saturated heterocycles. The van der Waals surface area contributed by atoms with Gasteiger partial charge in [-0.25, -0.2) is 0 Å². The summed E-state index contributed by atoms with van der Waals surface area (Å²) in [5.41, 5.74) is 1.71. The second-order valence-corrected chi connectivity index (χ2v) is 6.40. The lowest BCUT2D eigenvalue weighted by molar-refractivity contribution is 0.379. The summed E-state index contributed by atoms with van der Waals surface area (Å²) in [6.45, 7) is 15.3. The van der Waals surface area contributed by atoms with Crippen molar-refractivity contribution in [3.8, 4) is 0 Å². The zero-order valence-electron chi connectivity index (χ0n) is 12.2. The van der Waals surface area contributed by atoms with Crippen LogP contribution in [-0.4, -0.2) is 21.9 Å². The molecular weight excluding hydrogens is 210 g/mol. The first-order valence-electron chi connectivity index (χ1n) is 6.52. The van der Waals surface area contributed by atoms with E-state index in [0.29, 0.717) is 0 Å². The van der Waals surface area contributed by atoms with Crippen LogP contribution in [0.25, 0.3) is 0 Å². The van der Waals surface area contributed by atoms with Crippen LogP contribution in [0.3, 0.4) is 0 Å². The van der Waals surface area contributed by atoms with Gasteiger partial charge in [0.25, 0.3) is 0 Å². The Morgan fingerprint density at radius 1 is 1.24 bits per heavy atom. The highest BCUT2D eigenvalue weighted by atomic mass is 15.3. The molecular formula is C14H27N3. The molecule has 1 N–H and O–H groups in total. The summed E-state index contributed by atoms with van der Waals surface area (Å²) in [6, 6.07) is 0. The molecule has 1 heterocycles. The summed E-state index contributed by atoms with van der Waals surface area (Å²) in [6.07, 6.45) is 5.29. The Balaban J connectivity index is 2.56. The number of aryl methyl sites for hydroxylation is 1. The first kappa shape index (κ1) is 14.2. The second kappa shape index (κ2) is 5.21. The summed E-state index contributed by atoms with van der Waals surface area (Å²) in [5.74, 6) is 0. The monoisotopic (exact) mass is 237 g/mol. The van der Waals surface area contributed by atoms with Gasteiger partial charge >= 0.3 is 0 Å². The van der Waals surface area contributed by atoms with Gasteiger partial charge in [-0.05, 0) is 51.6 Å². The second-order valence-electron chi connectivity index (χ2n) is 6.40. The molecule has 0 atom stereocenters. The first-order valence-corrected chi connectivity index (χ1v) is 6.52. The molecule has 0 saturated carbocycles. The van der Waals surface area contributed by atoms with Crippen molar-refractivity contribution in [3.05, 3.63) is 18.0 Å². The highest BCUT2D eigenvalue weighted by Crippen LogP contribution is 2.26. The van der Waals surface area contributed by atoms with Gasteiger partial charge in [-0.2, -0.15) is 5.10 Å². The quantitative estimate of drug-likeness (QED) is 0.853. The van der Waals surface area contributed by atoms with Crippen LogP contribution < -0.4 is 5.32 Å². The third-order valence-corrected chi connectivity index (χ3v) is 3.14. The summed E-state index contributed by atoms with van der Waals surface area (Å²) < 4.78 is 1.99. The molecule has 1 rings (SSSR count). The number of rotatable bonds is 5. The number of nitrogens with one attached hydrogen (secondary N) is 1. The van der Waals surface area contributed by atoms with Crippen molar-refractivity contribution in [3.63, 3.8) is 0 Å². The molecule has 3 heteroatoms. The fourth-order valence-electron chi connectivity index (χ4n) is 1.78. The summed E-state index contributed by atoms with van der Waals surface area (Å²) in [7, 11) is 0. The van der Waals surface area contributed by atoms with Crippen LogP contribution >= 0.6 is 0 Å². The van der Waals surface area contributed by atoms with Crippen molar-refractivity contribution in [2.45, 2.75) is 65.5 Å². The van der Waals surface area contributed by atoms with Gasteiger partial charge in [0.1, 0.15) is 0 Å². The zero-order valence-corrected chi connectivity index (χ0v) is 12.2. The molecule has 17 heavy (non-hydrogen) atoms. The Bertz CT molecular complexity index is 345. The topological polar surface area (TPSA) is 29.9 Å². The summed E-state index contributed by atoms with van der Waals surface area (Å²) in [5, 5.41) is 7.90. The van der Waals surface area contributed by atoms with Crippen LogP contribution in [0.1, 0.15) is 53.5 Å². The molecule has 1 aromatic heterocycles. The van der Waals surface area contributed by atoms with Gasteiger partial charge in [0, 0.05) is 18.3 Å².